The maximum Gasteiger partial charge on any atom is 0.0534 e. The van der Waals surface area contributed by atoms with Gasteiger partial charge in [0.2, 0.25) is 0 Å². The Balaban J connectivity index is 0.863. The van der Waals surface area contributed by atoms with E-state index in [0.29, 0.717) is 0 Å². The van der Waals surface area contributed by atoms with Crippen LogP contribution in [0.3, 0.4) is 0 Å². The first-order chi connectivity index (χ1) is 28.6. The van der Waals surface area contributed by atoms with Crippen LogP contribution in [0.15, 0.2) is 182 Å². The van der Waals surface area contributed by atoms with E-state index in [1.807, 2.05) is 0 Å². The fourth-order valence-corrected chi connectivity index (χ4v) is 8.37. The third kappa shape index (κ3) is 6.55. The van der Waals surface area contributed by atoms with Crippen LogP contribution < -0.4 is 9.80 Å². The number of hydrogen-bond acceptors (Lipinski definition) is 2. The Hall–Kier alpha value is -7.42. The monoisotopic (exact) mass is 742 g/mol. The highest BCUT2D eigenvalue weighted by Crippen LogP contribution is 2.44. The van der Waals surface area contributed by atoms with Crippen LogP contribution in [0.2, 0.25) is 0 Å². The summed E-state index contributed by atoms with van der Waals surface area (Å²) in [7, 11) is 0. The molecule has 8 aromatic rings. The largest absolute Gasteiger partial charge is 0.309 e. The van der Waals surface area contributed by atoms with E-state index < -0.39 is 0 Å². The molecule has 0 saturated carbocycles. The molecule has 0 amide bonds. The van der Waals surface area contributed by atoms with Crippen molar-refractivity contribution >= 4 is 70.6 Å². The van der Waals surface area contributed by atoms with Gasteiger partial charge in [-0.3, -0.25) is 0 Å². The molecule has 0 bridgehead atoms. The van der Waals surface area contributed by atoms with Crippen molar-refractivity contribution in [2.45, 2.75) is 13.8 Å². The van der Waals surface area contributed by atoms with Crippen LogP contribution in [-0.2, 0) is 0 Å². The van der Waals surface area contributed by atoms with Crippen LogP contribution in [0.5, 0.6) is 0 Å². The van der Waals surface area contributed by atoms with Crippen LogP contribution in [0.25, 0.3) is 58.7 Å². The Labute approximate surface area is 341 Å². The molecule has 0 saturated heterocycles. The number of anilines is 6. The Morgan fingerprint density at radius 1 is 0.310 bits per heavy atom. The van der Waals surface area contributed by atoms with E-state index in [0.717, 1.165) is 11.4 Å². The second kappa shape index (κ2) is 14.9. The molecule has 10 rings (SSSR count). The SMILES string of the molecule is Cc1cc(-c2ccc(N3c4ccccc4C=Cc4ccccc43)cc2)ccc1/C=C/c1ccc(-c2ccc(N3c4ccccc4C=Cc4ccccc43)cc2)cc1C. The first kappa shape index (κ1) is 35.0. The molecular formula is C56H42N2. The van der Waals surface area contributed by atoms with Crippen LogP contribution in [0, 0.1) is 13.8 Å². The third-order valence-corrected chi connectivity index (χ3v) is 11.5. The third-order valence-electron chi connectivity index (χ3n) is 11.5. The lowest BCUT2D eigenvalue weighted by Crippen LogP contribution is -2.11. The number of rotatable bonds is 6. The van der Waals surface area contributed by atoms with Crippen molar-refractivity contribution < 1.29 is 0 Å². The average Bonchev–Trinajstić information content (AvgIpc) is 3.55. The molecule has 0 aliphatic carbocycles. The van der Waals surface area contributed by atoms with E-state index in [1.54, 1.807) is 0 Å². The predicted molar refractivity (Wildman–Crippen MR) is 249 cm³/mol. The van der Waals surface area contributed by atoms with E-state index in [-0.39, 0.29) is 0 Å². The standard InChI is InChI=1S/C56H42N2/c1-39-37-49(43-29-33-51(34-30-43)57-53-15-7-3-11-45(53)23-24-46-12-4-8-16-54(46)57)27-21-41(39)19-20-42-22-28-50(38-40(42)2)44-31-35-52(36-32-44)58-55-17-9-5-13-47(55)25-26-48-14-6-10-18-56(48)58/h3-38H,1-2H3/b20-19+. The van der Waals surface area contributed by atoms with Crippen molar-refractivity contribution in [1.29, 1.82) is 0 Å². The van der Waals surface area contributed by atoms with Crippen molar-refractivity contribution in [2.75, 3.05) is 9.80 Å². The molecule has 8 aromatic carbocycles. The average molecular weight is 743 g/mol. The molecule has 0 unspecified atom stereocenters. The number of para-hydroxylation sites is 4. The maximum absolute atomic E-state index is 2.37. The summed E-state index contributed by atoms with van der Waals surface area (Å²) in [4.78, 5) is 4.73. The van der Waals surface area contributed by atoms with Gasteiger partial charge >= 0.3 is 0 Å². The van der Waals surface area contributed by atoms with Crippen molar-refractivity contribution in [3.05, 3.63) is 226 Å². The predicted octanol–water partition coefficient (Wildman–Crippen LogP) is 15.7. The lowest BCUT2D eigenvalue weighted by atomic mass is 9.97. The van der Waals surface area contributed by atoms with Gasteiger partial charge in [0, 0.05) is 11.4 Å². The van der Waals surface area contributed by atoms with Gasteiger partial charge in [0.05, 0.1) is 22.7 Å². The molecule has 2 nitrogen and oxygen atoms in total. The van der Waals surface area contributed by atoms with Crippen molar-refractivity contribution in [3.63, 3.8) is 0 Å². The molecule has 0 atom stereocenters. The molecule has 58 heavy (non-hydrogen) atoms. The van der Waals surface area contributed by atoms with Crippen LogP contribution >= 0.6 is 0 Å². The molecule has 2 aliphatic heterocycles. The summed E-state index contributed by atoms with van der Waals surface area (Å²) >= 11 is 0. The normalized spacial score (nSPS) is 12.7. The van der Waals surface area contributed by atoms with Gasteiger partial charge in [-0.05, 0) is 129 Å². The topological polar surface area (TPSA) is 6.48 Å². The van der Waals surface area contributed by atoms with Gasteiger partial charge in [-0.2, -0.15) is 0 Å². The summed E-state index contributed by atoms with van der Waals surface area (Å²) in [6, 6.07) is 65.9. The first-order valence-corrected chi connectivity index (χ1v) is 20.0. The van der Waals surface area contributed by atoms with Gasteiger partial charge in [-0.1, -0.05) is 170 Å². The molecule has 0 aromatic heterocycles. The van der Waals surface area contributed by atoms with E-state index in [2.05, 4.69) is 242 Å². The molecule has 2 heteroatoms. The highest BCUT2D eigenvalue weighted by atomic mass is 15.2. The van der Waals surface area contributed by atoms with Gasteiger partial charge < -0.3 is 9.80 Å². The number of nitrogens with zero attached hydrogens (tertiary/aromatic N) is 2. The zero-order chi connectivity index (χ0) is 39.0. The quantitative estimate of drug-likeness (QED) is 0.157. The Kier molecular flexibility index (Phi) is 9.01. The molecule has 2 heterocycles. The number of aryl methyl sites for hydroxylation is 2. The van der Waals surface area contributed by atoms with Gasteiger partial charge in [-0.25, -0.2) is 0 Å². The molecule has 0 radical (unpaired) electrons. The van der Waals surface area contributed by atoms with Gasteiger partial charge in [0.25, 0.3) is 0 Å². The summed E-state index contributed by atoms with van der Waals surface area (Å²) in [6.07, 6.45) is 13.3. The van der Waals surface area contributed by atoms with Crippen LogP contribution in [0.4, 0.5) is 34.1 Å². The highest BCUT2D eigenvalue weighted by Gasteiger charge is 2.21. The Bertz CT molecular complexity index is 2610. The Morgan fingerprint density at radius 2 is 0.603 bits per heavy atom. The first-order valence-electron chi connectivity index (χ1n) is 20.0. The fraction of sp³-hybridized carbons (Fsp3) is 0.0357. The Morgan fingerprint density at radius 3 is 0.914 bits per heavy atom. The summed E-state index contributed by atoms with van der Waals surface area (Å²) in [5.74, 6) is 0. The fourth-order valence-electron chi connectivity index (χ4n) is 8.37. The minimum atomic E-state index is 1.14. The van der Waals surface area contributed by atoms with Gasteiger partial charge in [0.1, 0.15) is 0 Å². The smallest absolute Gasteiger partial charge is 0.0534 e. The zero-order valence-electron chi connectivity index (χ0n) is 32.7. The van der Waals surface area contributed by atoms with Gasteiger partial charge in [-0.15, -0.1) is 0 Å². The van der Waals surface area contributed by atoms with Crippen molar-refractivity contribution in [3.8, 4) is 22.3 Å². The second-order valence-corrected chi connectivity index (χ2v) is 15.1. The molecule has 0 spiro atoms. The lowest BCUT2D eigenvalue weighted by Gasteiger charge is -2.27. The van der Waals surface area contributed by atoms with Crippen molar-refractivity contribution in [2.24, 2.45) is 0 Å². The minimum Gasteiger partial charge on any atom is -0.309 e. The number of hydrogen-bond donors (Lipinski definition) is 0. The van der Waals surface area contributed by atoms with E-state index >= 15 is 0 Å². The van der Waals surface area contributed by atoms with Crippen LogP contribution in [-0.4, -0.2) is 0 Å². The molecule has 2 aliphatic rings. The lowest BCUT2D eigenvalue weighted by molar-refractivity contribution is 1.28. The molecule has 276 valence electrons. The number of fused-ring (bicyclic) bond motifs is 4. The summed E-state index contributed by atoms with van der Waals surface area (Å²) in [5.41, 5.74) is 21.6. The summed E-state index contributed by atoms with van der Waals surface area (Å²) in [6.45, 7) is 4.41. The van der Waals surface area contributed by atoms with E-state index in [1.165, 1.54) is 89.5 Å². The minimum absolute atomic E-state index is 1.14. The second-order valence-electron chi connectivity index (χ2n) is 15.1. The maximum atomic E-state index is 2.37. The van der Waals surface area contributed by atoms with Crippen molar-refractivity contribution in [1.82, 2.24) is 0 Å². The zero-order valence-corrected chi connectivity index (χ0v) is 32.7. The molecule has 0 N–H and O–H groups in total. The summed E-state index contributed by atoms with van der Waals surface area (Å²) < 4.78 is 0. The van der Waals surface area contributed by atoms with E-state index in [9.17, 15) is 0 Å². The number of benzene rings is 8. The summed E-state index contributed by atoms with van der Waals surface area (Å²) in [5, 5.41) is 0. The van der Waals surface area contributed by atoms with E-state index in [4.69, 9.17) is 0 Å². The van der Waals surface area contributed by atoms with Crippen LogP contribution in [0.1, 0.15) is 44.5 Å². The van der Waals surface area contributed by atoms with Gasteiger partial charge in [0.15, 0.2) is 0 Å². The molecule has 0 fully saturated rings. The molecular weight excluding hydrogens is 701 g/mol. The highest BCUT2D eigenvalue weighted by molar-refractivity contribution is 5.95.